The monoisotopic (exact) mass is 320 g/mol. The van der Waals surface area contributed by atoms with Gasteiger partial charge < -0.3 is 18.9 Å². The molecule has 2 aliphatic rings. The van der Waals surface area contributed by atoms with Gasteiger partial charge in [-0.3, -0.25) is 0 Å². The number of ether oxygens (including phenoxy) is 4. The number of rotatable bonds is 5. The van der Waals surface area contributed by atoms with Gasteiger partial charge in [0.25, 0.3) is 0 Å². The molecule has 1 spiro atoms. The molecule has 0 aromatic heterocycles. The number of esters is 1. The van der Waals surface area contributed by atoms with Crippen LogP contribution in [0.4, 0.5) is 0 Å². The zero-order chi connectivity index (χ0) is 16.5. The van der Waals surface area contributed by atoms with Crippen molar-refractivity contribution in [2.75, 3.05) is 27.6 Å². The molecule has 1 saturated carbocycles. The van der Waals surface area contributed by atoms with Crippen molar-refractivity contribution in [2.45, 2.75) is 38.2 Å². The van der Waals surface area contributed by atoms with Gasteiger partial charge in [-0.05, 0) is 43.2 Å². The molecule has 0 atom stereocenters. The van der Waals surface area contributed by atoms with E-state index in [9.17, 15) is 4.79 Å². The van der Waals surface area contributed by atoms with Crippen molar-refractivity contribution in [2.24, 2.45) is 5.41 Å². The SMILES string of the molecule is COCOCC1(C)CCC2(CC1)OC(=O)c1cc(OC)ccc12. The van der Waals surface area contributed by atoms with Gasteiger partial charge in [0.1, 0.15) is 18.1 Å². The molecule has 0 unspecified atom stereocenters. The number of benzene rings is 1. The molecule has 0 amide bonds. The molecule has 1 aliphatic carbocycles. The van der Waals surface area contributed by atoms with Crippen LogP contribution in [0.3, 0.4) is 0 Å². The molecule has 1 aromatic rings. The Kier molecular flexibility index (Phi) is 4.34. The van der Waals surface area contributed by atoms with E-state index in [1.165, 1.54) is 0 Å². The predicted octanol–water partition coefficient (Wildman–Crippen LogP) is 3.26. The van der Waals surface area contributed by atoms with Gasteiger partial charge in [0, 0.05) is 12.7 Å². The molecule has 1 fully saturated rings. The average molecular weight is 320 g/mol. The molecule has 23 heavy (non-hydrogen) atoms. The van der Waals surface area contributed by atoms with Gasteiger partial charge in [-0.25, -0.2) is 4.79 Å². The quantitative estimate of drug-likeness (QED) is 0.473. The van der Waals surface area contributed by atoms with Crippen LogP contribution in [-0.2, 0) is 19.8 Å². The summed E-state index contributed by atoms with van der Waals surface area (Å²) in [5, 5.41) is 0. The first-order valence-electron chi connectivity index (χ1n) is 8.00. The molecule has 0 saturated heterocycles. The van der Waals surface area contributed by atoms with E-state index < -0.39 is 5.60 Å². The third-order valence-electron chi connectivity index (χ3n) is 5.14. The zero-order valence-electron chi connectivity index (χ0n) is 14.0. The summed E-state index contributed by atoms with van der Waals surface area (Å²) in [7, 11) is 3.23. The standard InChI is InChI=1S/C18H24O5/c1-17(11-22-12-20-2)6-8-18(9-7-17)15-5-4-13(21-3)10-14(15)16(19)23-18/h4-5,10H,6-9,11-12H2,1-3H3. The summed E-state index contributed by atoms with van der Waals surface area (Å²) in [5.41, 5.74) is 1.27. The molecular weight excluding hydrogens is 296 g/mol. The second-order valence-corrected chi connectivity index (χ2v) is 6.86. The third kappa shape index (κ3) is 2.95. The largest absolute Gasteiger partial charge is 0.497 e. The van der Waals surface area contributed by atoms with Crippen molar-refractivity contribution in [1.29, 1.82) is 0 Å². The fourth-order valence-electron chi connectivity index (χ4n) is 3.65. The van der Waals surface area contributed by atoms with Crippen molar-refractivity contribution in [3.8, 4) is 5.75 Å². The Balaban J connectivity index is 1.76. The average Bonchev–Trinajstić information content (AvgIpc) is 2.83. The first kappa shape index (κ1) is 16.3. The molecule has 3 rings (SSSR count). The van der Waals surface area contributed by atoms with Crippen molar-refractivity contribution in [3.63, 3.8) is 0 Å². The fourth-order valence-corrected chi connectivity index (χ4v) is 3.65. The molecule has 0 bridgehead atoms. The molecule has 1 aliphatic heterocycles. The topological polar surface area (TPSA) is 54.0 Å². The molecule has 5 heteroatoms. The van der Waals surface area contributed by atoms with Crippen LogP contribution in [0.1, 0.15) is 48.5 Å². The Bertz CT molecular complexity index is 587. The third-order valence-corrected chi connectivity index (χ3v) is 5.14. The normalized spacial score (nSPS) is 29.4. The minimum absolute atomic E-state index is 0.103. The maximum absolute atomic E-state index is 12.3. The minimum atomic E-state index is -0.473. The Hall–Kier alpha value is -1.59. The number of fused-ring (bicyclic) bond motifs is 2. The lowest BCUT2D eigenvalue weighted by molar-refractivity contribution is -0.0950. The maximum atomic E-state index is 12.3. The summed E-state index contributed by atoms with van der Waals surface area (Å²) in [6, 6.07) is 5.66. The highest BCUT2D eigenvalue weighted by Gasteiger charge is 2.50. The smallest absolute Gasteiger partial charge is 0.339 e. The fraction of sp³-hybridized carbons (Fsp3) is 0.611. The second kappa shape index (κ2) is 6.13. The minimum Gasteiger partial charge on any atom is -0.497 e. The zero-order valence-corrected chi connectivity index (χ0v) is 14.0. The highest BCUT2D eigenvalue weighted by Crippen LogP contribution is 2.52. The molecular formula is C18H24O5. The lowest BCUT2D eigenvalue weighted by Crippen LogP contribution is -2.38. The summed E-state index contributed by atoms with van der Waals surface area (Å²) in [4.78, 5) is 12.3. The van der Waals surface area contributed by atoms with Crippen LogP contribution in [0.25, 0.3) is 0 Å². The van der Waals surface area contributed by atoms with Crippen LogP contribution in [0, 0.1) is 5.41 Å². The van der Waals surface area contributed by atoms with Gasteiger partial charge in [-0.2, -0.15) is 0 Å². The van der Waals surface area contributed by atoms with Gasteiger partial charge in [-0.15, -0.1) is 0 Å². The van der Waals surface area contributed by atoms with Crippen molar-refractivity contribution >= 4 is 5.97 Å². The molecule has 1 heterocycles. The second-order valence-electron chi connectivity index (χ2n) is 6.86. The Morgan fingerprint density at radius 3 is 2.57 bits per heavy atom. The maximum Gasteiger partial charge on any atom is 0.339 e. The summed E-state index contributed by atoms with van der Waals surface area (Å²) >= 11 is 0. The highest BCUT2D eigenvalue weighted by molar-refractivity contribution is 5.95. The van der Waals surface area contributed by atoms with Crippen LogP contribution in [0.2, 0.25) is 0 Å². The molecule has 1 aromatic carbocycles. The van der Waals surface area contributed by atoms with Crippen molar-refractivity contribution < 1.29 is 23.7 Å². The summed E-state index contributed by atoms with van der Waals surface area (Å²) < 4.78 is 21.5. The number of hydrogen-bond acceptors (Lipinski definition) is 5. The summed E-state index contributed by atoms with van der Waals surface area (Å²) in [5.74, 6) is 0.449. The van der Waals surface area contributed by atoms with E-state index >= 15 is 0 Å². The van der Waals surface area contributed by atoms with Crippen LogP contribution < -0.4 is 4.74 Å². The lowest BCUT2D eigenvalue weighted by Gasteiger charge is -2.42. The summed E-state index contributed by atoms with van der Waals surface area (Å²) in [6.45, 7) is 3.21. The first-order valence-corrected chi connectivity index (χ1v) is 8.00. The molecule has 0 radical (unpaired) electrons. The Morgan fingerprint density at radius 1 is 1.17 bits per heavy atom. The Morgan fingerprint density at radius 2 is 1.91 bits per heavy atom. The van der Waals surface area contributed by atoms with Crippen LogP contribution >= 0.6 is 0 Å². The first-order chi connectivity index (χ1) is 11.0. The number of carbonyl (C=O) groups excluding carboxylic acids is 1. The number of hydrogen-bond donors (Lipinski definition) is 0. The van der Waals surface area contributed by atoms with E-state index in [2.05, 4.69) is 6.92 Å². The van der Waals surface area contributed by atoms with E-state index in [1.807, 2.05) is 12.1 Å². The predicted molar refractivity (Wildman–Crippen MR) is 84.5 cm³/mol. The van der Waals surface area contributed by atoms with E-state index in [0.717, 1.165) is 31.2 Å². The molecule has 0 N–H and O–H groups in total. The number of carbonyl (C=O) groups is 1. The van der Waals surface area contributed by atoms with Gasteiger partial charge in [0.15, 0.2) is 0 Å². The van der Waals surface area contributed by atoms with Gasteiger partial charge in [-0.1, -0.05) is 13.0 Å². The lowest BCUT2D eigenvalue weighted by atomic mass is 9.68. The van der Waals surface area contributed by atoms with Crippen molar-refractivity contribution in [3.05, 3.63) is 29.3 Å². The molecule has 126 valence electrons. The summed E-state index contributed by atoms with van der Waals surface area (Å²) in [6.07, 6.45) is 3.56. The van der Waals surface area contributed by atoms with Crippen LogP contribution in [0.5, 0.6) is 5.75 Å². The van der Waals surface area contributed by atoms with E-state index in [1.54, 1.807) is 20.3 Å². The van der Waals surface area contributed by atoms with Crippen molar-refractivity contribution in [1.82, 2.24) is 0 Å². The van der Waals surface area contributed by atoms with Gasteiger partial charge in [0.2, 0.25) is 0 Å². The van der Waals surface area contributed by atoms with E-state index in [0.29, 0.717) is 24.7 Å². The Labute approximate surface area is 136 Å². The molecule has 5 nitrogen and oxygen atoms in total. The number of methoxy groups -OCH3 is 2. The van der Waals surface area contributed by atoms with E-state index in [4.69, 9.17) is 18.9 Å². The highest BCUT2D eigenvalue weighted by atomic mass is 16.7. The van der Waals surface area contributed by atoms with E-state index in [-0.39, 0.29) is 11.4 Å². The van der Waals surface area contributed by atoms with Crippen LogP contribution in [0.15, 0.2) is 18.2 Å². The van der Waals surface area contributed by atoms with Gasteiger partial charge >= 0.3 is 5.97 Å². The van der Waals surface area contributed by atoms with Gasteiger partial charge in [0.05, 0.1) is 19.3 Å². The van der Waals surface area contributed by atoms with Crippen LogP contribution in [-0.4, -0.2) is 33.6 Å².